The van der Waals surface area contributed by atoms with Gasteiger partial charge in [0, 0.05) is 24.1 Å². The molecule has 0 fully saturated rings. The Bertz CT molecular complexity index is 736. The van der Waals surface area contributed by atoms with Crippen LogP contribution in [-0.2, 0) is 9.53 Å². The van der Waals surface area contributed by atoms with Crippen LogP contribution in [0, 0.1) is 0 Å². The van der Waals surface area contributed by atoms with E-state index in [1.807, 2.05) is 6.07 Å². The van der Waals surface area contributed by atoms with Crippen LogP contribution in [-0.4, -0.2) is 23.8 Å². The van der Waals surface area contributed by atoms with Gasteiger partial charge < -0.3 is 10.1 Å². The zero-order chi connectivity index (χ0) is 18.2. The minimum Gasteiger partial charge on any atom is -0.459 e. The molecule has 0 spiro atoms. The monoisotopic (exact) mass is 339 g/mol. The maximum absolute atomic E-state index is 12.0. The van der Waals surface area contributed by atoms with Gasteiger partial charge in [-0.05, 0) is 38.1 Å². The van der Waals surface area contributed by atoms with Crippen LogP contribution in [0.2, 0.25) is 0 Å². The standard InChI is InChI=1S/C20H21NO4/c1-14(2)25-20(24)16-8-10-17(11-9-16)21-19(23)13-12-18(22)15-6-4-3-5-7-15/h3-11,14H,12-13H2,1-2H3,(H,21,23). The highest BCUT2D eigenvalue weighted by molar-refractivity contribution is 6.00. The molecule has 2 aromatic rings. The summed E-state index contributed by atoms with van der Waals surface area (Å²) in [7, 11) is 0. The lowest BCUT2D eigenvalue weighted by molar-refractivity contribution is -0.116. The Hall–Kier alpha value is -2.95. The molecule has 0 saturated heterocycles. The average Bonchev–Trinajstić information content (AvgIpc) is 2.60. The Morgan fingerprint density at radius 3 is 2.12 bits per heavy atom. The van der Waals surface area contributed by atoms with Crippen molar-refractivity contribution in [1.82, 2.24) is 0 Å². The van der Waals surface area contributed by atoms with Crippen LogP contribution in [0.5, 0.6) is 0 Å². The molecule has 0 heterocycles. The van der Waals surface area contributed by atoms with Crippen molar-refractivity contribution in [2.45, 2.75) is 32.8 Å². The zero-order valence-corrected chi connectivity index (χ0v) is 14.3. The zero-order valence-electron chi connectivity index (χ0n) is 14.3. The van der Waals surface area contributed by atoms with Crippen LogP contribution in [0.1, 0.15) is 47.4 Å². The fourth-order valence-electron chi connectivity index (χ4n) is 2.19. The topological polar surface area (TPSA) is 72.5 Å². The molecule has 0 bridgehead atoms. The largest absolute Gasteiger partial charge is 0.459 e. The number of carbonyl (C=O) groups excluding carboxylic acids is 3. The number of carbonyl (C=O) groups is 3. The van der Waals surface area contributed by atoms with E-state index in [1.54, 1.807) is 62.4 Å². The van der Waals surface area contributed by atoms with Gasteiger partial charge in [-0.15, -0.1) is 0 Å². The second-order valence-corrected chi connectivity index (χ2v) is 5.87. The first kappa shape index (κ1) is 18.4. The number of nitrogens with one attached hydrogen (secondary N) is 1. The second kappa shape index (κ2) is 8.78. The van der Waals surface area contributed by atoms with Gasteiger partial charge in [-0.25, -0.2) is 4.79 Å². The lowest BCUT2D eigenvalue weighted by Gasteiger charge is -2.09. The van der Waals surface area contributed by atoms with E-state index >= 15 is 0 Å². The molecule has 0 saturated carbocycles. The molecule has 0 radical (unpaired) electrons. The molecular weight excluding hydrogens is 318 g/mol. The number of ether oxygens (including phenoxy) is 1. The average molecular weight is 339 g/mol. The van der Waals surface area contributed by atoms with Crippen LogP contribution in [0.15, 0.2) is 54.6 Å². The third-order valence-electron chi connectivity index (χ3n) is 3.42. The van der Waals surface area contributed by atoms with Crippen molar-refractivity contribution in [3.8, 4) is 0 Å². The maximum atomic E-state index is 12.0. The second-order valence-electron chi connectivity index (χ2n) is 5.87. The highest BCUT2D eigenvalue weighted by atomic mass is 16.5. The molecule has 0 aliphatic rings. The summed E-state index contributed by atoms with van der Waals surface area (Å²) in [6.45, 7) is 3.56. The molecule has 0 atom stereocenters. The molecule has 1 N–H and O–H groups in total. The van der Waals surface area contributed by atoms with Gasteiger partial charge in [0.2, 0.25) is 5.91 Å². The third kappa shape index (κ3) is 5.88. The van der Waals surface area contributed by atoms with E-state index in [4.69, 9.17) is 4.74 Å². The van der Waals surface area contributed by atoms with Gasteiger partial charge in [-0.2, -0.15) is 0 Å². The van der Waals surface area contributed by atoms with Crippen LogP contribution in [0.3, 0.4) is 0 Å². The number of benzene rings is 2. The van der Waals surface area contributed by atoms with Gasteiger partial charge in [0.25, 0.3) is 0 Å². The van der Waals surface area contributed by atoms with Gasteiger partial charge in [-0.3, -0.25) is 9.59 Å². The van der Waals surface area contributed by atoms with Crippen LogP contribution in [0.25, 0.3) is 0 Å². The van der Waals surface area contributed by atoms with Crippen LogP contribution >= 0.6 is 0 Å². The minimum absolute atomic E-state index is 0.0671. The van der Waals surface area contributed by atoms with Crippen molar-refractivity contribution in [1.29, 1.82) is 0 Å². The lowest BCUT2D eigenvalue weighted by atomic mass is 10.1. The lowest BCUT2D eigenvalue weighted by Crippen LogP contribution is -2.14. The van der Waals surface area contributed by atoms with E-state index in [1.165, 1.54) is 0 Å². The molecule has 0 aliphatic carbocycles. The summed E-state index contributed by atoms with van der Waals surface area (Å²) in [6.07, 6.45) is 0.0634. The predicted octanol–water partition coefficient (Wildman–Crippen LogP) is 3.85. The molecular formula is C20H21NO4. The van der Waals surface area contributed by atoms with E-state index in [-0.39, 0.29) is 30.6 Å². The van der Waals surface area contributed by atoms with Crippen molar-refractivity contribution in [3.63, 3.8) is 0 Å². The quantitative estimate of drug-likeness (QED) is 0.614. The summed E-state index contributed by atoms with van der Waals surface area (Å²) in [5.41, 5.74) is 1.59. The van der Waals surface area contributed by atoms with E-state index in [2.05, 4.69) is 5.32 Å². The number of amides is 1. The minimum atomic E-state index is -0.402. The van der Waals surface area contributed by atoms with E-state index < -0.39 is 5.97 Å². The predicted molar refractivity (Wildman–Crippen MR) is 95.6 cm³/mol. The smallest absolute Gasteiger partial charge is 0.338 e. The highest BCUT2D eigenvalue weighted by Gasteiger charge is 2.11. The summed E-state index contributed by atoms with van der Waals surface area (Å²) < 4.78 is 5.10. The molecule has 0 unspecified atom stereocenters. The van der Waals surface area contributed by atoms with Gasteiger partial charge in [0.15, 0.2) is 5.78 Å². The summed E-state index contributed by atoms with van der Waals surface area (Å²) in [6, 6.07) is 15.3. The number of rotatable bonds is 7. The summed E-state index contributed by atoms with van der Waals surface area (Å²) >= 11 is 0. The molecule has 2 aromatic carbocycles. The third-order valence-corrected chi connectivity index (χ3v) is 3.42. The molecule has 25 heavy (non-hydrogen) atoms. The van der Waals surface area contributed by atoms with Crippen LogP contribution in [0.4, 0.5) is 5.69 Å². The van der Waals surface area contributed by atoms with E-state index in [0.717, 1.165) is 0 Å². The van der Waals surface area contributed by atoms with Crippen LogP contribution < -0.4 is 5.32 Å². The molecule has 5 nitrogen and oxygen atoms in total. The highest BCUT2D eigenvalue weighted by Crippen LogP contribution is 2.12. The van der Waals surface area contributed by atoms with E-state index in [0.29, 0.717) is 16.8 Å². The first-order valence-corrected chi connectivity index (χ1v) is 8.15. The molecule has 0 aromatic heterocycles. The number of hydrogen-bond acceptors (Lipinski definition) is 4. The number of ketones is 1. The van der Waals surface area contributed by atoms with Gasteiger partial charge in [0.05, 0.1) is 11.7 Å². The first-order chi connectivity index (χ1) is 12.0. The molecule has 2 rings (SSSR count). The van der Waals surface area contributed by atoms with E-state index in [9.17, 15) is 14.4 Å². The Morgan fingerprint density at radius 1 is 0.880 bits per heavy atom. The van der Waals surface area contributed by atoms with Crippen molar-refractivity contribution < 1.29 is 19.1 Å². The van der Waals surface area contributed by atoms with Crippen molar-refractivity contribution in [3.05, 3.63) is 65.7 Å². The summed E-state index contributed by atoms with van der Waals surface area (Å²) in [5, 5.41) is 2.71. The number of Topliss-reactive ketones (excluding diaryl/α,β-unsaturated/α-hetero) is 1. The Morgan fingerprint density at radius 2 is 1.52 bits per heavy atom. The number of hydrogen-bond donors (Lipinski definition) is 1. The van der Waals surface area contributed by atoms with Gasteiger partial charge in [-0.1, -0.05) is 30.3 Å². The molecule has 1 amide bonds. The Kier molecular flexibility index (Phi) is 6.46. The first-order valence-electron chi connectivity index (χ1n) is 8.15. The van der Waals surface area contributed by atoms with Crippen molar-refractivity contribution in [2.75, 3.05) is 5.32 Å². The fourth-order valence-corrected chi connectivity index (χ4v) is 2.19. The fraction of sp³-hybridized carbons (Fsp3) is 0.250. The van der Waals surface area contributed by atoms with Crippen molar-refractivity contribution in [2.24, 2.45) is 0 Å². The molecule has 5 heteroatoms. The molecule has 130 valence electrons. The maximum Gasteiger partial charge on any atom is 0.338 e. The van der Waals surface area contributed by atoms with Crippen molar-refractivity contribution >= 4 is 23.3 Å². The van der Waals surface area contributed by atoms with Gasteiger partial charge >= 0.3 is 5.97 Å². The SMILES string of the molecule is CC(C)OC(=O)c1ccc(NC(=O)CCC(=O)c2ccccc2)cc1. The summed E-state index contributed by atoms with van der Waals surface area (Å²) in [4.78, 5) is 35.7. The van der Waals surface area contributed by atoms with Gasteiger partial charge in [0.1, 0.15) is 0 Å². The normalized spacial score (nSPS) is 10.4. The number of esters is 1. The Balaban J connectivity index is 1.84. The number of anilines is 1. The molecule has 0 aliphatic heterocycles. The Labute approximate surface area is 147 Å². The summed E-state index contributed by atoms with van der Waals surface area (Å²) in [5.74, 6) is -0.717.